The van der Waals surface area contributed by atoms with Crippen LogP contribution < -0.4 is 5.32 Å². The minimum absolute atomic E-state index is 0.171. The van der Waals surface area contributed by atoms with Crippen LogP contribution in [0.5, 0.6) is 0 Å². The van der Waals surface area contributed by atoms with Gasteiger partial charge in [-0.25, -0.2) is 0 Å². The van der Waals surface area contributed by atoms with Crippen LogP contribution in [-0.2, 0) is 29.5 Å². The third-order valence-corrected chi connectivity index (χ3v) is 4.03. The second-order valence-corrected chi connectivity index (χ2v) is 5.60. The summed E-state index contributed by atoms with van der Waals surface area (Å²) in [5.74, 6) is -0.0610. The van der Waals surface area contributed by atoms with E-state index in [0.717, 1.165) is 22.3 Å². The van der Waals surface area contributed by atoms with Crippen molar-refractivity contribution < 1.29 is 9.53 Å². The number of nitrogens with one attached hydrogen (secondary N) is 1. The second-order valence-electron chi connectivity index (χ2n) is 4.81. The molecule has 1 aromatic rings. The van der Waals surface area contributed by atoms with E-state index >= 15 is 0 Å². The normalized spacial score (nSPS) is 12.8. The van der Waals surface area contributed by atoms with E-state index in [0.29, 0.717) is 6.54 Å². The van der Waals surface area contributed by atoms with E-state index in [9.17, 15) is 4.79 Å². The molecule has 0 fully saturated rings. The summed E-state index contributed by atoms with van der Waals surface area (Å²) < 4.78 is 7.66. The van der Waals surface area contributed by atoms with Gasteiger partial charge < -0.3 is 4.74 Å². The highest BCUT2D eigenvalue weighted by atomic mass is 79.9. The molecule has 1 rings (SSSR count). The first kappa shape index (κ1) is 16.2. The zero-order valence-electron chi connectivity index (χ0n) is 12.2. The summed E-state index contributed by atoms with van der Waals surface area (Å²) in [7, 11) is 3.32. The molecule has 0 radical (unpaired) electrons. The molecule has 0 saturated carbocycles. The number of aromatic nitrogens is 2. The zero-order valence-corrected chi connectivity index (χ0v) is 13.7. The lowest BCUT2D eigenvalue weighted by Crippen LogP contribution is -2.41. The lowest BCUT2D eigenvalue weighted by molar-refractivity contribution is -0.144. The Morgan fingerprint density at radius 1 is 1.53 bits per heavy atom. The van der Waals surface area contributed by atoms with E-state index in [1.54, 1.807) is 0 Å². The maximum absolute atomic E-state index is 11.7. The highest BCUT2D eigenvalue weighted by Gasteiger charge is 2.23. The first-order valence-electron chi connectivity index (χ1n) is 6.43. The summed E-state index contributed by atoms with van der Waals surface area (Å²) >= 11 is 3.56. The summed E-state index contributed by atoms with van der Waals surface area (Å²) in [5, 5.41) is 7.67. The maximum Gasteiger partial charge on any atom is 0.323 e. The summed E-state index contributed by atoms with van der Waals surface area (Å²) in [6, 6.07) is -0.308. The quantitative estimate of drug-likeness (QED) is 0.810. The molecule has 0 aliphatic heterocycles. The molecule has 6 heteroatoms. The smallest absolute Gasteiger partial charge is 0.323 e. The number of hydrogen-bond acceptors (Lipinski definition) is 4. The van der Waals surface area contributed by atoms with Gasteiger partial charge in [0.1, 0.15) is 6.04 Å². The number of halogens is 1. The number of rotatable bonds is 6. The van der Waals surface area contributed by atoms with E-state index in [1.807, 2.05) is 25.6 Å². The second kappa shape index (κ2) is 7.05. The fraction of sp³-hybridized carbons (Fsp3) is 0.692. The monoisotopic (exact) mass is 331 g/mol. The van der Waals surface area contributed by atoms with Crippen LogP contribution in [0.4, 0.5) is 0 Å². The Morgan fingerprint density at radius 2 is 2.16 bits per heavy atom. The van der Waals surface area contributed by atoms with Gasteiger partial charge in [-0.1, -0.05) is 20.8 Å². The summed E-state index contributed by atoms with van der Waals surface area (Å²) in [5.41, 5.74) is 2.06. The first-order chi connectivity index (χ1) is 8.92. The molecule has 19 heavy (non-hydrogen) atoms. The van der Waals surface area contributed by atoms with Gasteiger partial charge in [-0.15, -0.1) is 0 Å². The molecule has 0 aromatic carbocycles. The highest BCUT2D eigenvalue weighted by Crippen LogP contribution is 2.21. The lowest BCUT2D eigenvalue weighted by Gasteiger charge is -2.19. The van der Waals surface area contributed by atoms with E-state index < -0.39 is 0 Å². The number of carbonyl (C=O) groups is 1. The lowest BCUT2D eigenvalue weighted by atomic mass is 10.0. The zero-order chi connectivity index (χ0) is 14.6. The minimum atomic E-state index is -0.308. The third-order valence-electron chi connectivity index (χ3n) is 3.11. The number of carbonyl (C=O) groups excluding carboxylic acids is 1. The number of aryl methyl sites for hydroxylation is 2. The minimum Gasteiger partial charge on any atom is -0.468 e. The molecule has 0 saturated heterocycles. The van der Waals surface area contributed by atoms with Crippen molar-refractivity contribution in [1.29, 1.82) is 0 Å². The molecule has 0 bridgehead atoms. The van der Waals surface area contributed by atoms with Gasteiger partial charge in [0.2, 0.25) is 0 Å². The average molecular weight is 332 g/mol. The van der Waals surface area contributed by atoms with Gasteiger partial charge in [-0.3, -0.25) is 14.8 Å². The van der Waals surface area contributed by atoms with Crippen molar-refractivity contribution in [2.24, 2.45) is 13.0 Å². The van der Waals surface area contributed by atoms with Crippen molar-refractivity contribution in [2.45, 2.75) is 39.8 Å². The first-order valence-corrected chi connectivity index (χ1v) is 7.23. The van der Waals surface area contributed by atoms with Crippen LogP contribution in [0.2, 0.25) is 0 Å². The molecule has 0 aliphatic rings. The van der Waals surface area contributed by atoms with Gasteiger partial charge in [-0.05, 0) is 28.3 Å². The van der Waals surface area contributed by atoms with Crippen molar-refractivity contribution in [3.63, 3.8) is 0 Å². The molecule has 1 atom stereocenters. The molecule has 0 amide bonds. The van der Waals surface area contributed by atoms with Gasteiger partial charge >= 0.3 is 5.97 Å². The van der Waals surface area contributed by atoms with Crippen LogP contribution in [0.25, 0.3) is 0 Å². The van der Waals surface area contributed by atoms with Crippen LogP contribution in [0, 0.1) is 5.92 Å². The molecule has 5 nitrogen and oxygen atoms in total. The Bertz CT molecular complexity index is 443. The predicted molar refractivity (Wildman–Crippen MR) is 77.8 cm³/mol. The molecule has 108 valence electrons. The average Bonchev–Trinajstić information content (AvgIpc) is 2.64. The number of nitrogens with zero attached hydrogens (tertiary/aromatic N) is 2. The Labute approximate surface area is 122 Å². The van der Waals surface area contributed by atoms with E-state index in [1.165, 1.54) is 7.11 Å². The van der Waals surface area contributed by atoms with E-state index in [4.69, 9.17) is 4.74 Å². The molecule has 1 unspecified atom stereocenters. The van der Waals surface area contributed by atoms with Gasteiger partial charge in [0, 0.05) is 13.6 Å². The Balaban J connectivity index is 2.80. The maximum atomic E-state index is 11.7. The van der Waals surface area contributed by atoms with Gasteiger partial charge in [0.15, 0.2) is 0 Å². The largest absolute Gasteiger partial charge is 0.468 e. The molecular formula is C13H22BrN3O2. The van der Waals surface area contributed by atoms with Crippen molar-refractivity contribution in [1.82, 2.24) is 15.1 Å². The Morgan fingerprint density at radius 3 is 2.58 bits per heavy atom. The van der Waals surface area contributed by atoms with Crippen LogP contribution in [0.15, 0.2) is 4.47 Å². The summed E-state index contributed by atoms with van der Waals surface area (Å²) in [6.45, 7) is 6.62. The molecule has 0 spiro atoms. The Kier molecular flexibility index (Phi) is 6.00. The number of ether oxygens (including phenoxy) is 1. The summed E-state index contributed by atoms with van der Waals surface area (Å²) in [6.07, 6.45) is 0.874. The third kappa shape index (κ3) is 3.79. The number of esters is 1. The fourth-order valence-corrected chi connectivity index (χ4v) is 2.69. The van der Waals surface area contributed by atoms with Crippen molar-refractivity contribution in [3.8, 4) is 0 Å². The molecule has 1 N–H and O–H groups in total. The fourth-order valence-electron chi connectivity index (χ4n) is 1.94. The highest BCUT2D eigenvalue weighted by molar-refractivity contribution is 9.10. The molecule has 1 aromatic heterocycles. The van der Waals surface area contributed by atoms with Gasteiger partial charge in [-0.2, -0.15) is 5.10 Å². The topological polar surface area (TPSA) is 56.2 Å². The summed E-state index contributed by atoms with van der Waals surface area (Å²) in [4.78, 5) is 11.7. The van der Waals surface area contributed by atoms with Gasteiger partial charge in [0.25, 0.3) is 0 Å². The number of methoxy groups -OCH3 is 1. The van der Waals surface area contributed by atoms with Gasteiger partial charge in [0.05, 0.1) is 23.0 Å². The molecular weight excluding hydrogens is 310 g/mol. The molecule has 1 heterocycles. The van der Waals surface area contributed by atoms with Crippen LogP contribution in [-0.4, -0.2) is 28.9 Å². The van der Waals surface area contributed by atoms with Crippen molar-refractivity contribution in [3.05, 3.63) is 15.9 Å². The van der Waals surface area contributed by atoms with Crippen LogP contribution in [0.3, 0.4) is 0 Å². The van der Waals surface area contributed by atoms with Crippen molar-refractivity contribution >= 4 is 21.9 Å². The van der Waals surface area contributed by atoms with E-state index in [2.05, 4.69) is 33.3 Å². The van der Waals surface area contributed by atoms with E-state index in [-0.39, 0.29) is 17.9 Å². The predicted octanol–water partition coefficient (Wildman–Crippen LogP) is 2.03. The molecule has 0 aliphatic carbocycles. The Hall–Kier alpha value is -0.880. The SMILES string of the molecule is CCc1nn(C)c(CNC(C(=O)OC)C(C)C)c1Br. The number of hydrogen-bond donors (Lipinski definition) is 1. The van der Waals surface area contributed by atoms with Crippen molar-refractivity contribution in [2.75, 3.05) is 7.11 Å². The van der Waals surface area contributed by atoms with Crippen LogP contribution in [0.1, 0.15) is 32.2 Å². The standard InChI is InChI=1S/C13H22BrN3O2/c1-6-9-11(14)10(17(4)16-9)7-15-12(8(2)3)13(18)19-5/h8,12,15H,6-7H2,1-5H3. The van der Waals surface area contributed by atoms with Crippen LogP contribution >= 0.6 is 15.9 Å².